The van der Waals surface area contributed by atoms with Gasteiger partial charge in [-0.25, -0.2) is 15.4 Å². The van der Waals surface area contributed by atoms with Gasteiger partial charge in [0.2, 0.25) is 5.95 Å². The van der Waals surface area contributed by atoms with Gasteiger partial charge in [0.05, 0.1) is 17.4 Å². The Morgan fingerprint density at radius 1 is 1.03 bits per heavy atom. The highest BCUT2D eigenvalue weighted by atomic mass is 35.5. The van der Waals surface area contributed by atoms with E-state index in [9.17, 15) is 0 Å². The number of nitrogens with one attached hydrogen (secondary N) is 3. The molecule has 0 spiro atoms. The largest absolute Gasteiger partial charge is 0.368 e. The highest BCUT2D eigenvalue weighted by Gasteiger charge is 2.43. The lowest BCUT2D eigenvalue weighted by Gasteiger charge is -2.29. The summed E-state index contributed by atoms with van der Waals surface area (Å²) in [6.45, 7) is 8.11. The molecule has 5 N–H and O–H groups in total. The van der Waals surface area contributed by atoms with Crippen LogP contribution in [0.3, 0.4) is 0 Å². The summed E-state index contributed by atoms with van der Waals surface area (Å²) in [5.74, 6) is 1.92. The van der Waals surface area contributed by atoms with Gasteiger partial charge in [-0.2, -0.15) is 4.98 Å². The molecule has 1 aromatic carbocycles. The molecule has 1 saturated heterocycles. The van der Waals surface area contributed by atoms with E-state index in [1.165, 1.54) is 0 Å². The lowest BCUT2D eigenvalue weighted by atomic mass is 9.88. The van der Waals surface area contributed by atoms with Crippen molar-refractivity contribution in [3.05, 3.63) is 65.0 Å². The minimum Gasteiger partial charge on any atom is -0.368 e. The number of hydrogen-bond acceptors (Lipinski definition) is 9. The third kappa shape index (κ3) is 4.20. The summed E-state index contributed by atoms with van der Waals surface area (Å²) >= 11 is 0. The molecule has 1 fully saturated rings. The standard InChI is InChI=1S/C23H29N9.ClH/c1-15-5-4-6-16(2)20(15)23(24)18-14-27-22(29-21(18)31(3)30-23)28-19-8-7-17(13-26-19)32-11-9-25-10-12-32;/h4-8,13-14,25,30H,9-12,24H2,1-3H3,(H,26,27,28,29);1H. The fraction of sp³-hybridized carbons (Fsp3) is 0.348. The highest BCUT2D eigenvalue weighted by Crippen LogP contribution is 2.39. The highest BCUT2D eigenvalue weighted by molar-refractivity contribution is 5.85. The zero-order chi connectivity index (χ0) is 22.3. The smallest absolute Gasteiger partial charge is 0.230 e. The fourth-order valence-corrected chi connectivity index (χ4v) is 4.66. The molecule has 0 bridgehead atoms. The number of piperazine rings is 1. The van der Waals surface area contributed by atoms with Gasteiger partial charge in [0.25, 0.3) is 0 Å². The maximum absolute atomic E-state index is 6.90. The maximum atomic E-state index is 6.90. The summed E-state index contributed by atoms with van der Waals surface area (Å²) in [6, 6.07) is 10.2. The van der Waals surface area contributed by atoms with Gasteiger partial charge in [-0.15, -0.1) is 12.4 Å². The van der Waals surface area contributed by atoms with Crippen molar-refractivity contribution in [1.29, 1.82) is 0 Å². The normalized spacial score (nSPS) is 19.8. The number of fused-ring (bicyclic) bond motifs is 1. The number of nitrogens with zero attached hydrogens (tertiary/aromatic N) is 5. The van der Waals surface area contributed by atoms with Gasteiger partial charge in [-0.05, 0) is 42.7 Å². The second-order valence-corrected chi connectivity index (χ2v) is 8.44. The van der Waals surface area contributed by atoms with Gasteiger partial charge in [-0.1, -0.05) is 18.2 Å². The number of nitrogens with two attached hydrogens (primary N) is 1. The summed E-state index contributed by atoms with van der Waals surface area (Å²) < 4.78 is 0. The average Bonchev–Trinajstić information content (AvgIpc) is 3.05. The van der Waals surface area contributed by atoms with Crippen LogP contribution in [0.4, 0.5) is 23.3 Å². The van der Waals surface area contributed by atoms with E-state index < -0.39 is 5.66 Å². The molecule has 0 radical (unpaired) electrons. The lowest BCUT2D eigenvalue weighted by Crippen LogP contribution is -2.52. The SMILES string of the molecule is Cc1cccc(C)c1C1(N)NN(C)c2nc(Nc3ccc(N4CCNCC4)cn3)ncc21.Cl. The van der Waals surface area contributed by atoms with Gasteiger partial charge in [0.15, 0.2) is 5.82 Å². The third-order valence-corrected chi connectivity index (χ3v) is 6.20. The fourth-order valence-electron chi connectivity index (χ4n) is 4.66. The number of rotatable bonds is 4. The zero-order valence-corrected chi connectivity index (χ0v) is 19.9. The quantitative estimate of drug-likeness (QED) is 0.459. The number of pyridine rings is 1. The first kappa shape index (κ1) is 23.2. The minimum atomic E-state index is -0.888. The van der Waals surface area contributed by atoms with Gasteiger partial charge < -0.3 is 21.3 Å². The topological polar surface area (TPSA) is 107 Å². The summed E-state index contributed by atoms with van der Waals surface area (Å²) in [6.07, 6.45) is 3.68. The van der Waals surface area contributed by atoms with E-state index in [2.05, 4.69) is 63.0 Å². The first-order valence-electron chi connectivity index (χ1n) is 10.9. The third-order valence-electron chi connectivity index (χ3n) is 6.20. The molecule has 33 heavy (non-hydrogen) atoms. The van der Waals surface area contributed by atoms with Crippen LogP contribution in [0.5, 0.6) is 0 Å². The number of anilines is 4. The Hall–Kier alpha value is -2.98. The van der Waals surface area contributed by atoms with Crippen molar-refractivity contribution in [2.24, 2.45) is 5.73 Å². The van der Waals surface area contributed by atoms with Crippen LogP contribution in [0.15, 0.2) is 42.7 Å². The molecule has 3 aromatic rings. The number of hydrazine groups is 1. The van der Waals surface area contributed by atoms with Crippen LogP contribution >= 0.6 is 12.4 Å². The molecule has 0 aliphatic carbocycles. The zero-order valence-electron chi connectivity index (χ0n) is 19.1. The molecule has 2 aliphatic heterocycles. The van der Waals surface area contributed by atoms with Crippen molar-refractivity contribution < 1.29 is 0 Å². The minimum absolute atomic E-state index is 0. The van der Waals surface area contributed by atoms with E-state index in [4.69, 9.17) is 10.7 Å². The van der Waals surface area contributed by atoms with Gasteiger partial charge in [0, 0.05) is 39.4 Å². The Kier molecular flexibility index (Phi) is 6.40. The Labute approximate surface area is 200 Å². The molecule has 5 rings (SSSR count). The maximum Gasteiger partial charge on any atom is 0.230 e. The summed E-state index contributed by atoms with van der Waals surface area (Å²) in [5.41, 5.74) is 14.6. The summed E-state index contributed by atoms with van der Waals surface area (Å²) in [4.78, 5) is 16.2. The van der Waals surface area contributed by atoms with Gasteiger partial charge >= 0.3 is 0 Å². The van der Waals surface area contributed by atoms with Crippen molar-refractivity contribution in [2.75, 3.05) is 48.5 Å². The number of benzene rings is 1. The van der Waals surface area contributed by atoms with Crippen molar-refractivity contribution in [3.63, 3.8) is 0 Å². The first-order chi connectivity index (χ1) is 15.5. The molecule has 0 amide bonds. The molecule has 10 heteroatoms. The molecule has 1 atom stereocenters. The Morgan fingerprint density at radius 3 is 2.42 bits per heavy atom. The molecule has 1 unspecified atom stereocenters. The second-order valence-electron chi connectivity index (χ2n) is 8.44. The van der Waals surface area contributed by atoms with E-state index in [1.807, 2.05) is 30.4 Å². The lowest BCUT2D eigenvalue weighted by molar-refractivity contribution is 0.442. The molecular formula is C23H30ClN9. The van der Waals surface area contributed by atoms with Crippen LogP contribution in [0, 0.1) is 13.8 Å². The van der Waals surface area contributed by atoms with Crippen molar-refractivity contribution in [1.82, 2.24) is 25.7 Å². The molecule has 0 saturated carbocycles. The van der Waals surface area contributed by atoms with E-state index in [0.717, 1.165) is 59.9 Å². The van der Waals surface area contributed by atoms with E-state index in [-0.39, 0.29) is 12.4 Å². The first-order valence-corrected chi connectivity index (χ1v) is 10.9. The van der Waals surface area contributed by atoms with Crippen LogP contribution in [0.25, 0.3) is 0 Å². The van der Waals surface area contributed by atoms with Crippen LogP contribution in [0.2, 0.25) is 0 Å². The Balaban J connectivity index is 0.00000259. The summed E-state index contributed by atoms with van der Waals surface area (Å²) in [5, 5.41) is 8.44. The van der Waals surface area contributed by atoms with E-state index in [0.29, 0.717) is 11.8 Å². The predicted octanol–water partition coefficient (Wildman–Crippen LogP) is 2.18. The van der Waals surface area contributed by atoms with Crippen LogP contribution < -0.4 is 31.7 Å². The average molecular weight is 468 g/mol. The second kappa shape index (κ2) is 9.11. The number of hydrogen-bond donors (Lipinski definition) is 4. The number of aromatic nitrogens is 3. The van der Waals surface area contributed by atoms with Gasteiger partial charge in [-0.3, -0.25) is 5.01 Å². The van der Waals surface area contributed by atoms with E-state index >= 15 is 0 Å². The molecule has 174 valence electrons. The number of halogens is 1. The monoisotopic (exact) mass is 467 g/mol. The molecule has 9 nitrogen and oxygen atoms in total. The van der Waals surface area contributed by atoms with E-state index in [1.54, 1.807) is 6.20 Å². The van der Waals surface area contributed by atoms with Crippen LogP contribution in [-0.4, -0.2) is 48.2 Å². The van der Waals surface area contributed by atoms with Crippen molar-refractivity contribution >= 4 is 35.7 Å². The molecular weight excluding hydrogens is 438 g/mol. The Morgan fingerprint density at radius 2 is 1.76 bits per heavy atom. The predicted molar refractivity (Wildman–Crippen MR) is 134 cm³/mol. The van der Waals surface area contributed by atoms with Crippen molar-refractivity contribution in [2.45, 2.75) is 19.5 Å². The van der Waals surface area contributed by atoms with Gasteiger partial charge in [0.1, 0.15) is 11.5 Å². The van der Waals surface area contributed by atoms with Crippen LogP contribution in [0.1, 0.15) is 22.3 Å². The van der Waals surface area contributed by atoms with Crippen LogP contribution in [-0.2, 0) is 5.66 Å². The molecule has 2 aliphatic rings. The molecule has 4 heterocycles. The Bertz CT molecular complexity index is 1110. The summed E-state index contributed by atoms with van der Waals surface area (Å²) in [7, 11) is 1.92. The van der Waals surface area contributed by atoms with Crippen molar-refractivity contribution in [3.8, 4) is 0 Å². The number of aryl methyl sites for hydroxylation is 2. The molecule has 2 aromatic heterocycles.